The van der Waals surface area contributed by atoms with Gasteiger partial charge in [-0.15, -0.1) is 0 Å². The fourth-order valence-corrected chi connectivity index (χ4v) is 3.08. The molecule has 1 fully saturated rings. The summed E-state index contributed by atoms with van der Waals surface area (Å²) in [6.45, 7) is 2.89. The van der Waals surface area contributed by atoms with Crippen molar-refractivity contribution in [2.24, 2.45) is 12.0 Å². The lowest BCUT2D eigenvalue weighted by molar-refractivity contribution is -0.128. The Hall–Kier alpha value is -2.83. The van der Waals surface area contributed by atoms with Crippen LogP contribution in [0.15, 0.2) is 41.5 Å². The van der Waals surface area contributed by atoms with E-state index in [-0.39, 0.29) is 5.91 Å². The molecule has 1 saturated heterocycles. The first-order valence-corrected chi connectivity index (χ1v) is 8.92. The maximum Gasteiger partial charge on any atom is 0.222 e. The second kappa shape index (κ2) is 8.51. The molecule has 1 aromatic heterocycles. The third kappa shape index (κ3) is 4.62. The van der Waals surface area contributed by atoms with E-state index in [9.17, 15) is 4.79 Å². The molecular formula is C19H26N6O. The van der Waals surface area contributed by atoms with E-state index in [4.69, 9.17) is 0 Å². The van der Waals surface area contributed by atoms with E-state index >= 15 is 0 Å². The SMILES string of the molecule is CN=C(NCc1cccc(CN2CCCC2=O)c1)NCc1ccnn1C. The highest BCUT2D eigenvalue weighted by molar-refractivity contribution is 5.79. The zero-order chi connectivity index (χ0) is 18.4. The first-order chi connectivity index (χ1) is 12.7. The van der Waals surface area contributed by atoms with Crippen LogP contribution in [0.1, 0.15) is 29.7 Å². The zero-order valence-electron chi connectivity index (χ0n) is 15.4. The van der Waals surface area contributed by atoms with Crippen LogP contribution >= 0.6 is 0 Å². The van der Waals surface area contributed by atoms with Crippen molar-refractivity contribution in [1.82, 2.24) is 25.3 Å². The maximum absolute atomic E-state index is 11.8. The van der Waals surface area contributed by atoms with Crippen molar-refractivity contribution in [2.75, 3.05) is 13.6 Å². The monoisotopic (exact) mass is 354 g/mol. The normalized spacial score (nSPS) is 14.8. The average Bonchev–Trinajstić information content (AvgIpc) is 3.24. The van der Waals surface area contributed by atoms with Crippen LogP contribution in [0, 0.1) is 0 Å². The van der Waals surface area contributed by atoms with Crippen LogP contribution in [0.4, 0.5) is 0 Å². The minimum Gasteiger partial charge on any atom is -0.352 e. The number of aryl methyl sites for hydroxylation is 1. The molecule has 0 spiro atoms. The Labute approximate surface area is 154 Å². The molecular weight excluding hydrogens is 328 g/mol. The van der Waals surface area contributed by atoms with Crippen molar-refractivity contribution in [1.29, 1.82) is 0 Å². The number of aliphatic imine (C=N–C) groups is 1. The van der Waals surface area contributed by atoms with Gasteiger partial charge in [0.15, 0.2) is 5.96 Å². The number of aromatic nitrogens is 2. The number of guanidine groups is 1. The standard InChI is InChI=1S/C19H26N6O/c1-20-19(22-13-17-8-9-23-24(17)2)21-12-15-5-3-6-16(11-15)14-25-10-4-7-18(25)26/h3,5-6,8-9,11H,4,7,10,12-14H2,1-2H3,(H2,20,21,22). The highest BCUT2D eigenvalue weighted by Crippen LogP contribution is 2.15. The second-order valence-corrected chi connectivity index (χ2v) is 6.46. The van der Waals surface area contributed by atoms with Crippen LogP contribution in [-0.4, -0.2) is 40.1 Å². The number of nitrogens with one attached hydrogen (secondary N) is 2. The van der Waals surface area contributed by atoms with Crippen LogP contribution in [0.2, 0.25) is 0 Å². The number of benzene rings is 1. The van der Waals surface area contributed by atoms with Crippen molar-refractivity contribution in [3.8, 4) is 0 Å². The Morgan fingerprint density at radius 3 is 2.73 bits per heavy atom. The Morgan fingerprint density at radius 1 is 1.23 bits per heavy atom. The summed E-state index contributed by atoms with van der Waals surface area (Å²) in [5, 5.41) is 10.8. The van der Waals surface area contributed by atoms with Gasteiger partial charge in [0.05, 0.1) is 12.2 Å². The molecule has 138 valence electrons. The molecule has 1 aliphatic rings. The van der Waals surface area contributed by atoms with E-state index in [0.717, 1.165) is 35.7 Å². The fraction of sp³-hybridized carbons (Fsp3) is 0.421. The summed E-state index contributed by atoms with van der Waals surface area (Å²) >= 11 is 0. The number of amides is 1. The molecule has 0 saturated carbocycles. The van der Waals surface area contributed by atoms with Crippen LogP contribution in [-0.2, 0) is 31.5 Å². The molecule has 0 unspecified atom stereocenters. The lowest BCUT2D eigenvalue weighted by Gasteiger charge is -2.16. The first kappa shape index (κ1) is 18.0. The van der Waals surface area contributed by atoms with E-state index in [1.165, 1.54) is 0 Å². The summed E-state index contributed by atoms with van der Waals surface area (Å²) in [4.78, 5) is 18.0. The van der Waals surface area contributed by atoms with Gasteiger partial charge in [0, 0.05) is 46.3 Å². The summed E-state index contributed by atoms with van der Waals surface area (Å²) < 4.78 is 1.84. The molecule has 26 heavy (non-hydrogen) atoms. The van der Waals surface area contributed by atoms with Gasteiger partial charge in [-0.25, -0.2) is 0 Å². The molecule has 1 amide bonds. The zero-order valence-corrected chi connectivity index (χ0v) is 15.4. The number of carbonyl (C=O) groups excluding carboxylic acids is 1. The molecule has 7 heteroatoms. The van der Waals surface area contributed by atoms with Crippen LogP contribution < -0.4 is 10.6 Å². The number of likely N-dealkylation sites (tertiary alicyclic amines) is 1. The van der Waals surface area contributed by atoms with E-state index in [1.54, 1.807) is 13.2 Å². The van der Waals surface area contributed by atoms with Crippen LogP contribution in [0.25, 0.3) is 0 Å². The van der Waals surface area contributed by atoms with Gasteiger partial charge in [-0.1, -0.05) is 24.3 Å². The van der Waals surface area contributed by atoms with Gasteiger partial charge in [0.2, 0.25) is 5.91 Å². The molecule has 0 atom stereocenters. The second-order valence-electron chi connectivity index (χ2n) is 6.46. The third-order valence-corrected chi connectivity index (χ3v) is 4.58. The Bertz CT molecular complexity index is 782. The highest BCUT2D eigenvalue weighted by atomic mass is 16.2. The molecule has 1 aliphatic heterocycles. The van der Waals surface area contributed by atoms with Crippen molar-refractivity contribution in [3.05, 3.63) is 53.3 Å². The predicted octanol–water partition coefficient (Wildman–Crippen LogP) is 1.41. The summed E-state index contributed by atoms with van der Waals surface area (Å²) in [5.74, 6) is 1.000. The maximum atomic E-state index is 11.8. The van der Waals surface area contributed by atoms with Crippen molar-refractivity contribution < 1.29 is 4.79 Å². The Kier molecular flexibility index (Phi) is 5.88. The molecule has 2 heterocycles. The highest BCUT2D eigenvalue weighted by Gasteiger charge is 2.19. The van der Waals surface area contributed by atoms with Gasteiger partial charge >= 0.3 is 0 Å². The lowest BCUT2D eigenvalue weighted by Crippen LogP contribution is -2.36. The first-order valence-electron chi connectivity index (χ1n) is 8.92. The summed E-state index contributed by atoms with van der Waals surface area (Å²) in [6, 6.07) is 10.3. The van der Waals surface area contributed by atoms with Gasteiger partial charge < -0.3 is 15.5 Å². The number of hydrogen-bond acceptors (Lipinski definition) is 3. The topological polar surface area (TPSA) is 74.6 Å². The molecule has 1 aromatic carbocycles. The number of carbonyl (C=O) groups is 1. The van der Waals surface area contributed by atoms with E-state index < -0.39 is 0 Å². The van der Waals surface area contributed by atoms with Gasteiger partial charge in [-0.2, -0.15) is 5.10 Å². The number of nitrogens with zero attached hydrogens (tertiary/aromatic N) is 4. The summed E-state index contributed by atoms with van der Waals surface area (Å²) in [7, 11) is 3.68. The third-order valence-electron chi connectivity index (χ3n) is 4.58. The van der Waals surface area contributed by atoms with Crippen molar-refractivity contribution >= 4 is 11.9 Å². The molecule has 2 aromatic rings. The van der Waals surface area contributed by atoms with Crippen molar-refractivity contribution in [2.45, 2.75) is 32.5 Å². The van der Waals surface area contributed by atoms with Gasteiger partial charge in [-0.3, -0.25) is 14.5 Å². The lowest BCUT2D eigenvalue weighted by atomic mass is 10.1. The molecule has 7 nitrogen and oxygen atoms in total. The summed E-state index contributed by atoms with van der Waals surface area (Å²) in [5.41, 5.74) is 3.42. The van der Waals surface area contributed by atoms with Gasteiger partial charge in [0.1, 0.15) is 0 Å². The van der Waals surface area contributed by atoms with E-state index in [1.807, 2.05) is 28.8 Å². The Balaban J connectivity index is 1.52. The molecule has 2 N–H and O–H groups in total. The molecule has 0 aliphatic carbocycles. The summed E-state index contributed by atoms with van der Waals surface area (Å²) in [6.07, 6.45) is 3.43. The van der Waals surface area contributed by atoms with Crippen LogP contribution in [0.5, 0.6) is 0 Å². The van der Waals surface area contributed by atoms with Gasteiger partial charge in [-0.05, 0) is 23.6 Å². The number of rotatable bonds is 6. The average molecular weight is 354 g/mol. The largest absolute Gasteiger partial charge is 0.352 e. The molecule has 0 radical (unpaired) electrons. The van der Waals surface area contributed by atoms with Gasteiger partial charge in [0.25, 0.3) is 0 Å². The minimum absolute atomic E-state index is 0.258. The minimum atomic E-state index is 0.258. The Morgan fingerprint density at radius 2 is 2.04 bits per heavy atom. The number of hydrogen-bond donors (Lipinski definition) is 2. The predicted molar refractivity (Wildman–Crippen MR) is 101 cm³/mol. The van der Waals surface area contributed by atoms with Crippen LogP contribution in [0.3, 0.4) is 0 Å². The van der Waals surface area contributed by atoms with Crippen molar-refractivity contribution in [3.63, 3.8) is 0 Å². The quantitative estimate of drug-likeness (QED) is 0.608. The fourth-order valence-electron chi connectivity index (χ4n) is 3.08. The molecule has 3 rings (SSSR count). The van der Waals surface area contributed by atoms with E-state index in [2.05, 4.69) is 38.9 Å². The van der Waals surface area contributed by atoms with E-state index in [0.29, 0.717) is 26.1 Å². The molecule has 0 bridgehead atoms. The smallest absolute Gasteiger partial charge is 0.222 e.